The molecule has 3 rings (SSSR count). The third kappa shape index (κ3) is 7.97. The third-order valence-corrected chi connectivity index (χ3v) is 8.49. The van der Waals surface area contributed by atoms with E-state index in [9.17, 15) is 4.79 Å². The molecule has 0 aromatic heterocycles. The summed E-state index contributed by atoms with van der Waals surface area (Å²) in [5.74, 6) is 5.53. The van der Waals surface area contributed by atoms with Crippen LogP contribution in [0, 0.1) is 11.8 Å². The first-order valence-electron chi connectivity index (χ1n) is 11.5. The standard InChI is InChI=1S/C25H36O3S2/c26-25(27)13-7-2-1-6-12-21-22(24-15-14-23(21)28-24)19-30-17-9-8-16-29-18-20-10-4-3-5-11-20/h1,3-6,10-11,21-24H,2,7-9,12-19H2,(H,26,27)/b6-1-/t21-,22-,23-,24+/m1/s1. The van der Waals surface area contributed by atoms with Crippen LogP contribution in [-0.2, 0) is 15.3 Å². The first-order valence-corrected chi connectivity index (χ1v) is 13.8. The molecule has 0 saturated carbocycles. The third-order valence-electron chi connectivity index (χ3n) is 6.18. The lowest BCUT2D eigenvalue weighted by Gasteiger charge is -2.27. The topological polar surface area (TPSA) is 46.5 Å². The number of allylic oxidation sites excluding steroid dienone is 2. The molecule has 30 heavy (non-hydrogen) atoms. The summed E-state index contributed by atoms with van der Waals surface area (Å²) in [7, 11) is 0. The van der Waals surface area contributed by atoms with Crippen molar-refractivity contribution in [3.8, 4) is 0 Å². The highest BCUT2D eigenvalue weighted by molar-refractivity contribution is 7.99. The van der Waals surface area contributed by atoms with E-state index in [2.05, 4.69) is 54.2 Å². The Labute approximate surface area is 190 Å². The van der Waals surface area contributed by atoms with Gasteiger partial charge in [0.2, 0.25) is 0 Å². The molecule has 3 nitrogen and oxygen atoms in total. The Morgan fingerprint density at radius 1 is 1.00 bits per heavy atom. The van der Waals surface area contributed by atoms with Crippen molar-refractivity contribution in [3.05, 3.63) is 48.0 Å². The first kappa shape index (κ1) is 23.7. The molecule has 2 bridgehead atoms. The average molecular weight is 449 g/mol. The van der Waals surface area contributed by atoms with Crippen LogP contribution < -0.4 is 0 Å². The molecule has 2 heterocycles. The molecule has 0 aliphatic carbocycles. The lowest BCUT2D eigenvalue weighted by molar-refractivity contribution is -0.137. The van der Waals surface area contributed by atoms with Crippen molar-refractivity contribution in [1.82, 2.24) is 0 Å². The van der Waals surface area contributed by atoms with Gasteiger partial charge in [-0.2, -0.15) is 23.5 Å². The van der Waals surface area contributed by atoms with E-state index >= 15 is 0 Å². The Balaban J connectivity index is 1.25. The maximum Gasteiger partial charge on any atom is 0.303 e. The minimum absolute atomic E-state index is 0.269. The molecule has 0 amide bonds. The van der Waals surface area contributed by atoms with Crippen LogP contribution in [0.25, 0.3) is 0 Å². The van der Waals surface area contributed by atoms with Crippen molar-refractivity contribution in [2.45, 2.75) is 69.3 Å². The highest BCUT2D eigenvalue weighted by Crippen LogP contribution is 2.46. The van der Waals surface area contributed by atoms with Crippen LogP contribution in [0.2, 0.25) is 0 Å². The van der Waals surface area contributed by atoms with Gasteiger partial charge in [-0.15, -0.1) is 0 Å². The summed E-state index contributed by atoms with van der Waals surface area (Å²) in [4.78, 5) is 10.6. The molecule has 2 aliphatic heterocycles. The number of carboxylic acids is 1. The van der Waals surface area contributed by atoms with Gasteiger partial charge < -0.3 is 9.84 Å². The molecule has 0 spiro atoms. The zero-order chi connectivity index (χ0) is 21.0. The summed E-state index contributed by atoms with van der Waals surface area (Å²) >= 11 is 4.17. The van der Waals surface area contributed by atoms with Crippen LogP contribution in [0.3, 0.4) is 0 Å². The zero-order valence-corrected chi connectivity index (χ0v) is 19.5. The van der Waals surface area contributed by atoms with Crippen LogP contribution in [0.15, 0.2) is 42.5 Å². The fourth-order valence-electron chi connectivity index (χ4n) is 4.56. The number of unbranched alkanes of at least 4 members (excludes halogenated alkanes) is 2. The van der Waals surface area contributed by atoms with Crippen LogP contribution in [0.4, 0.5) is 0 Å². The van der Waals surface area contributed by atoms with Crippen molar-refractivity contribution in [1.29, 1.82) is 0 Å². The second-order valence-corrected chi connectivity index (χ2v) is 10.7. The Hall–Kier alpha value is -0.910. The number of benzene rings is 1. The van der Waals surface area contributed by atoms with Gasteiger partial charge in [-0.3, -0.25) is 4.79 Å². The largest absolute Gasteiger partial charge is 0.481 e. The number of hydrogen-bond donors (Lipinski definition) is 1. The van der Waals surface area contributed by atoms with Gasteiger partial charge in [-0.1, -0.05) is 42.5 Å². The van der Waals surface area contributed by atoms with E-state index in [1.807, 2.05) is 11.8 Å². The van der Waals surface area contributed by atoms with Crippen LogP contribution in [-0.4, -0.2) is 40.5 Å². The summed E-state index contributed by atoms with van der Waals surface area (Å²) < 4.78 is 6.23. The lowest BCUT2D eigenvalue weighted by atomic mass is 9.78. The Kier molecular flexibility index (Phi) is 10.7. The zero-order valence-electron chi connectivity index (χ0n) is 17.9. The van der Waals surface area contributed by atoms with Crippen molar-refractivity contribution < 1.29 is 14.6 Å². The van der Waals surface area contributed by atoms with E-state index in [-0.39, 0.29) is 6.42 Å². The maximum atomic E-state index is 10.6. The van der Waals surface area contributed by atoms with Gasteiger partial charge in [-0.25, -0.2) is 0 Å². The van der Waals surface area contributed by atoms with E-state index in [1.165, 1.54) is 48.5 Å². The molecule has 0 unspecified atom stereocenters. The van der Waals surface area contributed by atoms with E-state index in [4.69, 9.17) is 9.84 Å². The number of ether oxygens (including phenoxy) is 1. The van der Waals surface area contributed by atoms with Gasteiger partial charge in [0.05, 0.1) is 12.2 Å². The molecule has 1 N–H and O–H groups in total. The van der Waals surface area contributed by atoms with Gasteiger partial charge in [0, 0.05) is 12.2 Å². The summed E-state index contributed by atoms with van der Waals surface area (Å²) in [5, 5.41) is 8.72. The minimum atomic E-state index is -0.697. The summed E-state index contributed by atoms with van der Waals surface area (Å²) in [6, 6.07) is 10.7. The van der Waals surface area contributed by atoms with Crippen LogP contribution >= 0.6 is 23.5 Å². The van der Waals surface area contributed by atoms with E-state index in [0.717, 1.165) is 25.0 Å². The Morgan fingerprint density at radius 2 is 1.73 bits per heavy atom. The monoisotopic (exact) mass is 448 g/mol. The van der Waals surface area contributed by atoms with Crippen molar-refractivity contribution in [2.24, 2.45) is 11.8 Å². The number of carboxylic acid groups (broad SMARTS) is 1. The number of hydrogen-bond acceptors (Lipinski definition) is 4. The highest BCUT2D eigenvalue weighted by Gasteiger charge is 2.47. The number of thioether (sulfide) groups is 2. The maximum absolute atomic E-state index is 10.6. The average Bonchev–Trinajstić information content (AvgIpc) is 3.35. The molecule has 2 saturated heterocycles. The fourth-order valence-corrected chi connectivity index (χ4v) is 6.85. The molecule has 5 heteroatoms. The molecule has 1 aromatic carbocycles. The molecule has 2 fully saturated rings. The predicted octanol–water partition coefficient (Wildman–Crippen LogP) is 6.43. The second kappa shape index (κ2) is 13.5. The number of carbonyl (C=O) groups is 1. The smallest absolute Gasteiger partial charge is 0.303 e. The van der Waals surface area contributed by atoms with Crippen LogP contribution in [0.1, 0.15) is 56.9 Å². The SMILES string of the molecule is O=C(O)CCC/C=C\C[C@@H]1[C@@H](CSCCCCSCc2ccccc2)[C@@H]2CC[C@H]1O2. The molecule has 2 aliphatic rings. The second-order valence-electron chi connectivity index (χ2n) is 8.43. The van der Waals surface area contributed by atoms with Gasteiger partial charge in [0.15, 0.2) is 0 Å². The van der Waals surface area contributed by atoms with Crippen LogP contribution in [0.5, 0.6) is 0 Å². The summed E-state index contributed by atoms with van der Waals surface area (Å²) in [6.07, 6.45) is 13.4. The van der Waals surface area contributed by atoms with E-state index < -0.39 is 5.97 Å². The van der Waals surface area contributed by atoms with E-state index in [1.54, 1.807) is 0 Å². The van der Waals surface area contributed by atoms with Crippen molar-refractivity contribution >= 4 is 29.5 Å². The first-order chi connectivity index (χ1) is 14.7. The lowest BCUT2D eigenvalue weighted by Crippen LogP contribution is -2.28. The van der Waals surface area contributed by atoms with Crippen molar-refractivity contribution in [3.63, 3.8) is 0 Å². The Morgan fingerprint density at radius 3 is 2.50 bits per heavy atom. The number of fused-ring (bicyclic) bond motifs is 2. The van der Waals surface area contributed by atoms with Gasteiger partial charge >= 0.3 is 5.97 Å². The van der Waals surface area contributed by atoms with Gasteiger partial charge in [-0.05, 0) is 79.6 Å². The van der Waals surface area contributed by atoms with Gasteiger partial charge in [0.1, 0.15) is 0 Å². The highest BCUT2D eigenvalue weighted by atomic mass is 32.2. The quantitative estimate of drug-likeness (QED) is 0.247. The normalized spacial score (nSPS) is 25.3. The molecule has 0 radical (unpaired) electrons. The minimum Gasteiger partial charge on any atom is -0.481 e. The molecule has 4 atom stereocenters. The Bertz CT molecular complexity index is 649. The molecule has 166 valence electrons. The number of aliphatic carboxylic acids is 1. The van der Waals surface area contributed by atoms with Gasteiger partial charge in [0.25, 0.3) is 0 Å². The summed E-state index contributed by atoms with van der Waals surface area (Å²) in [6.45, 7) is 0. The number of rotatable bonds is 15. The van der Waals surface area contributed by atoms with Crippen molar-refractivity contribution in [2.75, 3.05) is 17.3 Å². The van der Waals surface area contributed by atoms with E-state index in [0.29, 0.717) is 24.0 Å². The molecule has 1 aromatic rings. The summed E-state index contributed by atoms with van der Waals surface area (Å²) in [5.41, 5.74) is 1.43. The fraction of sp³-hybridized carbons (Fsp3) is 0.640. The molecular formula is C25H36O3S2. The predicted molar refractivity (Wildman–Crippen MR) is 129 cm³/mol. The molecular weight excluding hydrogens is 412 g/mol.